The van der Waals surface area contributed by atoms with Crippen molar-refractivity contribution >= 4 is 27.4 Å². The zero-order chi connectivity index (χ0) is 16.4. The topological polar surface area (TPSA) is 92.3 Å². The minimum Gasteiger partial charge on any atom is -0.311 e. The van der Waals surface area contributed by atoms with Crippen molar-refractivity contribution in [2.75, 3.05) is 21.9 Å². The summed E-state index contributed by atoms with van der Waals surface area (Å²) >= 11 is 0. The summed E-state index contributed by atoms with van der Waals surface area (Å²) in [5, 5.41) is 2.62. The van der Waals surface area contributed by atoms with E-state index in [0.29, 0.717) is 24.5 Å². The van der Waals surface area contributed by atoms with Crippen LogP contribution in [0.25, 0.3) is 11.1 Å². The Morgan fingerprint density at radius 2 is 2.09 bits per heavy atom. The third-order valence-electron chi connectivity index (χ3n) is 3.51. The van der Waals surface area contributed by atoms with Crippen molar-refractivity contribution in [1.29, 1.82) is 0 Å². The van der Waals surface area contributed by atoms with E-state index in [0.717, 1.165) is 11.1 Å². The van der Waals surface area contributed by atoms with E-state index in [-0.39, 0.29) is 11.7 Å². The highest BCUT2D eigenvalue weighted by molar-refractivity contribution is 7.93. The van der Waals surface area contributed by atoms with Gasteiger partial charge in [-0.3, -0.25) is 14.1 Å². The molecule has 3 rings (SSSR count). The molecule has 0 saturated carbocycles. The summed E-state index contributed by atoms with van der Waals surface area (Å²) in [4.78, 5) is 19.3. The van der Waals surface area contributed by atoms with Gasteiger partial charge in [-0.25, -0.2) is 13.4 Å². The summed E-state index contributed by atoms with van der Waals surface area (Å²) in [6.07, 6.45) is 5.40. The van der Waals surface area contributed by atoms with Gasteiger partial charge in [-0.1, -0.05) is 0 Å². The molecule has 1 N–H and O–H groups in total. The number of pyridine rings is 2. The molecule has 2 aromatic rings. The van der Waals surface area contributed by atoms with Gasteiger partial charge in [-0.15, -0.1) is 0 Å². The highest BCUT2D eigenvalue weighted by atomic mass is 32.2. The molecule has 1 fully saturated rings. The maximum absolute atomic E-state index is 12.0. The first-order chi connectivity index (χ1) is 11.0. The van der Waals surface area contributed by atoms with E-state index in [1.807, 2.05) is 0 Å². The minimum atomic E-state index is -3.24. The van der Waals surface area contributed by atoms with Gasteiger partial charge in [-0.2, -0.15) is 0 Å². The molecule has 1 aliphatic heterocycles. The largest absolute Gasteiger partial charge is 0.311 e. The van der Waals surface area contributed by atoms with Crippen LogP contribution in [0.2, 0.25) is 0 Å². The molecule has 0 aromatic carbocycles. The number of nitrogens with one attached hydrogen (secondary N) is 1. The Morgan fingerprint density at radius 3 is 2.78 bits per heavy atom. The van der Waals surface area contributed by atoms with Gasteiger partial charge in [0, 0.05) is 31.4 Å². The Kier molecular flexibility index (Phi) is 3.99. The Hall–Kier alpha value is -2.48. The molecule has 1 amide bonds. The van der Waals surface area contributed by atoms with Crippen LogP contribution in [0.5, 0.6) is 0 Å². The van der Waals surface area contributed by atoms with E-state index >= 15 is 0 Å². The highest BCUT2D eigenvalue weighted by Crippen LogP contribution is 2.28. The number of carbonyl (C=O) groups excluding carboxylic acids is 1. The van der Waals surface area contributed by atoms with Gasteiger partial charge >= 0.3 is 0 Å². The number of hydrogen-bond donors (Lipinski definition) is 1. The number of amides is 1. The second-order valence-corrected chi connectivity index (χ2v) is 7.30. The lowest BCUT2D eigenvalue weighted by atomic mass is 10.1. The monoisotopic (exact) mass is 332 g/mol. The van der Waals surface area contributed by atoms with Gasteiger partial charge < -0.3 is 5.32 Å². The van der Waals surface area contributed by atoms with Crippen LogP contribution in [0.1, 0.15) is 13.3 Å². The molecular formula is C15H16N4O3S. The molecule has 7 nitrogen and oxygen atoms in total. The number of carbonyl (C=O) groups is 1. The maximum atomic E-state index is 12.0. The first-order valence-electron chi connectivity index (χ1n) is 7.15. The fourth-order valence-corrected chi connectivity index (χ4v) is 4.05. The Bertz CT molecular complexity index is 851. The smallest absolute Gasteiger partial charge is 0.235 e. The number of anilines is 2. The van der Waals surface area contributed by atoms with E-state index in [4.69, 9.17) is 0 Å². The lowest BCUT2D eigenvalue weighted by Crippen LogP contribution is -2.25. The van der Waals surface area contributed by atoms with Crippen LogP contribution >= 0.6 is 0 Å². The van der Waals surface area contributed by atoms with Crippen LogP contribution in [-0.4, -0.2) is 36.6 Å². The van der Waals surface area contributed by atoms with Gasteiger partial charge in [0.25, 0.3) is 0 Å². The van der Waals surface area contributed by atoms with Gasteiger partial charge in [-0.05, 0) is 30.2 Å². The molecule has 0 bridgehead atoms. The van der Waals surface area contributed by atoms with Crippen LogP contribution in [-0.2, 0) is 14.8 Å². The van der Waals surface area contributed by atoms with Crippen molar-refractivity contribution in [2.45, 2.75) is 13.3 Å². The summed E-state index contributed by atoms with van der Waals surface area (Å²) in [7, 11) is -3.24. The molecule has 1 saturated heterocycles. The summed E-state index contributed by atoms with van der Waals surface area (Å²) in [5.41, 5.74) is 2.12. The van der Waals surface area contributed by atoms with Gasteiger partial charge in [0.05, 0.1) is 17.6 Å². The fraction of sp³-hybridized carbons (Fsp3) is 0.267. The normalized spacial score (nSPS) is 16.3. The van der Waals surface area contributed by atoms with Crippen LogP contribution in [0.4, 0.5) is 11.5 Å². The van der Waals surface area contributed by atoms with Crippen LogP contribution in [0.3, 0.4) is 0 Å². The van der Waals surface area contributed by atoms with Gasteiger partial charge in [0.2, 0.25) is 15.9 Å². The third kappa shape index (κ3) is 3.31. The van der Waals surface area contributed by atoms with E-state index in [2.05, 4.69) is 15.3 Å². The molecule has 0 spiro atoms. The number of nitrogens with zero attached hydrogens (tertiary/aromatic N) is 3. The highest BCUT2D eigenvalue weighted by Gasteiger charge is 2.28. The van der Waals surface area contributed by atoms with Crippen molar-refractivity contribution in [3.63, 3.8) is 0 Å². The molecule has 2 aromatic heterocycles. The first kappa shape index (κ1) is 15.4. The molecular weight excluding hydrogens is 316 g/mol. The Morgan fingerprint density at radius 1 is 1.26 bits per heavy atom. The summed E-state index contributed by atoms with van der Waals surface area (Å²) in [6, 6.07) is 5.29. The number of aromatic nitrogens is 2. The Labute approximate surface area is 134 Å². The maximum Gasteiger partial charge on any atom is 0.235 e. The number of hydrogen-bond acceptors (Lipinski definition) is 5. The van der Waals surface area contributed by atoms with Gasteiger partial charge in [0.15, 0.2) is 0 Å². The summed E-state index contributed by atoms with van der Waals surface area (Å²) < 4.78 is 25.4. The lowest BCUT2D eigenvalue weighted by Gasteiger charge is -2.17. The van der Waals surface area contributed by atoms with E-state index < -0.39 is 10.0 Å². The SMILES string of the molecule is CC(=O)Nc1cc(-c2cncc(N3CCCS3(=O)=O)c2)ccn1. The zero-order valence-electron chi connectivity index (χ0n) is 12.6. The molecule has 1 aliphatic rings. The van der Waals surface area contributed by atoms with Crippen molar-refractivity contribution < 1.29 is 13.2 Å². The molecule has 8 heteroatoms. The lowest BCUT2D eigenvalue weighted by molar-refractivity contribution is -0.114. The molecule has 0 aliphatic carbocycles. The minimum absolute atomic E-state index is 0.166. The number of rotatable bonds is 3. The fourth-order valence-electron chi connectivity index (χ4n) is 2.51. The van der Waals surface area contributed by atoms with E-state index in [9.17, 15) is 13.2 Å². The zero-order valence-corrected chi connectivity index (χ0v) is 13.4. The van der Waals surface area contributed by atoms with Crippen LogP contribution < -0.4 is 9.62 Å². The molecule has 0 atom stereocenters. The molecule has 0 radical (unpaired) electrons. The second-order valence-electron chi connectivity index (χ2n) is 5.28. The standard InChI is InChI=1S/C15H16N4O3S/c1-11(20)18-15-8-12(3-4-17-15)13-7-14(10-16-9-13)19-5-2-6-23(19,21)22/h3-4,7-10H,2,5-6H2,1H3,(H,17,18,20). The predicted octanol–water partition coefficient (Wildman–Crippen LogP) is 1.64. The first-order valence-corrected chi connectivity index (χ1v) is 8.76. The Balaban J connectivity index is 1.95. The summed E-state index contributed by atoms with van der Waals surface area (Å²) in [6.45, 7) is 1.88. The second kappa shape index (κ2) is 5.96. The van der Waals surface area contributed by atoms with Crippen molar-refractivity contribution in [3.05, 3.63) is 36.8 Å². The van der Waals surface area contributed by atoms with Crippen molar-refractivity contribution in [3.8, 4) is 11.1 Å². The molecule has 23 heavy (non-hydrogen) atoms. The summed E-state index contributed by atoms with van der Waals surface area (Å²) in [5.74, 6) is 0.401. The predicted molar refractivity (Wildman–Crippen MR) is 87.5 cm³/mol. The molecule has 120 valence electrons. The van der Waals surface area contributed by atoms with Crippen LogP contribution in [0, 0.1) is 0 Å². The van der Waals surface area contributed by atoms with Gasteiger partial charge in [0.1, 0.15) is 5.82 Å². The molecule has 0 unspecified atom stereocenters. The average Bonchev–Trinajstić information content (AvgIpc) is 2.86. The third-order valence-corrected chi connectivity index (χ3v) is 5.38. The average molecular weight is 332 g/mol. The molecule has 3 heterocycles. The van der Waals surface area contributed by atoms with Crippen molar-refractivity contribution in [2.24, 2.45) is 0 Å². The van der Waals surface area contributed by atoms with E-state index in [1.165, 1.54) is 11.2 Å². The van der Waals surface area contributed by atoms with Crippen LogP contribution in [0.15, 0.2) is 36.8 Å². The van der Waals surface area contributed by atoms with E-state index in [1.54, 1.807) is 36.8 Å². The quantitative estimate of drug-likeness (QED) is 0.922. The number of sulfonamides is 1. The van der Waals surface area contributed by atoms with Crippen molar-refractivity contribution in [1.82, 2.24) is 9.97 Å².